The van der Waals surface area contributed by atoms with Crippen LogP contribution in [0.4, 0.5) is 13.2 Å². The van der Waals surface area contributed by atoms with Crippen molar-refractivity contribution in [1.29, 1.82) is 0 Å². The van der Waals surface area contributed by atoms with Crippen LogP contribution in [0.5, 0.6) is 5.75 Å². The van der Waals surface area contributed by atoms with Gasteiger partial charge in [-0.25, -0.2) is 9.69 Å². The number of nitrogens with zero attached hydrogens (tertiary/aromatic N) is 5. The van der Waals surface area contributed by atoms with E-state index in [0.29, 0.717) is 16.8 Å². The molecule has 4 rings (SSSR count). The molecule has 2 N–H and O–H groups in total. The van der Waals surface area contributed by atoms with E-state index in [1.165, 1.54) is 5.01 Å². The number of amides is 1. The minimum Gasteiger partial charge on any atom is -0.497 e. The van der Waals surface area contributed by atoms with Gasteiger partial charge in [0, 0.05) is 6.42 Å². The molecule has 3 aromatic rings. The van der Waals surface area contributed by atoms with Crippen molar-refractivity contribution in [2.24, 2.45) is 5.10 Å². The number of carbonyl (C=O) groups excluding carboxylic acids is 1. The highest BCUT2D eigenvalue weighted by Gasteiger charge is 2.39. The van der Waals surface area contributed by atoms with Gasteiger partial charge >= 0.3 is 6.18 Å². The average Bonchev–Trinajstić information content (AvgIpc) is 3.42. The Morgan fingerprint density at radius 1 is 1.15 bits per heavy atom. The summed E-state index contributed by atoms with van der Waals surface area (Å²) < 4.78 is 44.2. The molecule has 8 nitrogen and oxygen atoms in total. The molecule has 0 radical (unpaired) electrons. The van der Waals surface area contributed by atoms with Crippen LogP contribution in [-0.4, -0.2) is 44.4 Å². The lowest BCUT2D eigenvalue weighted by molar-refractivity contribution is -0.146. The normalized spacial score (nSPS) is 16.1. The number of benzene rings is 2. The van der Waals surface area contributed by atoms with Gasteiger partial charge in [-0.05, 0) is 23.3 Å². The minimum atomic E-state index is -4.74. The van der Waals surface area contributed by atoms with Crippen LogP contribution in [0.15, 0.2) is 64.9 Å². The van der Waals surface area contributed by atoms with Crippen molar-refractivity contribution in [3.8, 4) is 5.75 Å². The van der Waals surface area contributed by atoms with Gasteiger partial charge < -0.3 is 10.6 Å². The van der Waals surface area contributed by atoms with Crippen molar-refractivity contribution in [3.63, 3.8) is 0 Å². The molecule has 0 unspecified atom stereocenters. The Kier molecular flexibility index (Phi) is 6.27. The molecule has 172 valence electrons. The molecule has 1 aromatic heterocycles. The van der Waals surface area contributed by atoms with Crippen molar-refractivity contribution < 1.29 is 22.7 Å². The van der Waals surface area contributed by atoms with Gasteiger partial charge in [-0.1, -0.05) is 54.2 Å². The van der Waals surface area contributed by atoms with Gasteiger partial charge in [-0.15, -0.1) is 10.2 Å². The number of ether oxygens (including phenoxy) is 1. The maximum absolute atomic E-state index is 13.1. The third-order valence-electron chi connectivity index (χ3n) is 5.02. The molecule has 0 saturated carbocycles. The average molecular weight is 476 g/mol. The lowest BCUT2D eigenvalue weighted by atomic mass is 9.98. The topological polar surface area (TPSA) is 98.6 Å². The second-order valence-corrected chi connectivity index (χ2v) is 8.05. The molecular weight excluding hydrogens is 457 g/mol. The molecule has 0 spiro atoms. The van der Waals surface area contributed by atoms with Gasteiger partial charge in [0.25, 0.3) is 11.7 Å². The molecule has 1 amide bonds. The number of halogens is 3. The fraction of sp³-hybridized carbons (Fsp3) is 0.238. The molecule has 1 aliphatic heterocycles. The van der Waals surface area contributed by atoms with E-state index in [-0.39, 0.29) is 17.0 Å². The summed E-state index contributed by atoms with van der Waals surface area (Å²) in [4.78, 5) is 13.1. The summed E-state index contributed by atoms with van der Waals surface area (Å²) >= 11 is 0.763. The number of carbonyl (C=O) groups is 1. The van der Waals surface area contributed by atoms with Gasteiger partial charge in [-0.3, -0.25) is 4.79 Å². The first kappa shape index (κ1) is 22.6. The summed E-state index contributed by atoms with van der Waals surface area (Å²) in [5, 5.41) is 12.2. The molecule has 0 saturated heterocycles. The van der Waals surface area contributed by atoms with Crippen LogP contribution >= 0.6 is 11.8 Å². The van der Waals surface area contributed by atoms with E-state index in [1.807, 2.05) is 42.5 Å². The molecule has 33 heavy (non-hydrogen) atoms. The number of hydrogen-bond acceptors (Lipinski definition) is 7. The molecule has 0 aliphatic carbocycles. The Balaban J connectivity index is 1.56. The van der Waals surface area contributed by atoms with Gasteiger partial charge in [-0.2, -0.15) is 18.3 Å². The second kappa shape index (κ2) is 9.14. The summed E-state index contributed by atoms with van der Waals surface area (Å²) in [6.07, 6.45) is -4.26. The number of alkyl halides is 3. The standard InChI is InChI=1S/C21H19F3N6O2S/c1-32-15-9-7-14(8-10-15)17-11-16(13-5-3-2-4-6-13)28-30(17)18(31)12-33-20-27-26-19(29(20)25)21(22,23)24/h2-10,17H,11-12,25H2,1H3/t17-/m1/s1. The predicted molar refractivity (Wildman–Crippen MR) is 116 cm³/mol. The molecule has 2 aromatic carbocycles. The predicted octanol–water partition coefficient (Wildman–Crippen LogP) is 3.49. The lowest BCUT2D eigenvalue weighted by Gasteiger charge is -2.22. The van der Waals surface area contributed by atoms with Gasteiger partial charge in [0.15, 0.2) is 0 Å². The first-order valence-corrected chi connectivity index (χ1v) is 10.8. The Morgan fingerprint density at radius 2 is 1.85 bits per heavy atom. The van der Waals surface area contributed by atoms with E-state index in [1.54, 1.807) is 19.2 Å². The number of nitrogen functional groups attached to an aromatic ring is 1. The molecule has 12 heteroatoms. The highest BCUT2D eigenvalue weighted by atomic mass is 32.2. The zero-order chi connectivity index (χ0) is 23.6. The smallest absolute Gasteiger partial charge is 0.453 e. The third kappa shape index (κ3) is 4.80. The molecule has 2 heterocycles. The van der Waals surface area contributed by atoms with Gasteiger partial charge in [0.05, 0.1) is 24.6 Å². The largest absolute Gasteiger partial charge is 0.497 e. The zero-order valence-electron chi connectivity index (χ0n) is 17.4. The minimum absolute atomic E-state index is 0.217. The first-order chi connectivity index (χ1) is 15.8. The van der Waals surface area contributed by atoms with E-state index < -0.39 is 17.9 Å². The van der Waals surface area contributed by atoms with Gasteiger partial charge in [0.2, 0.25) is 5.16 Å². The number of methoxy groups -OCH3 is 1. The summed E-state index contributed by atoms with van der Waals surface area (Å²) in [6.45, 7) is 0. The van der Waals surface area contributed by atoms with Crippen LogP contribution in [0, 0.1) is 0 Å². The van der Waals surface area contributed by atoms with Crippen LogP contribution < -0.4 is 10.6 Å². The van der Waals surface area contributed by atoms with E-state index in [2.05, 4.69) is 15.3 Å². The van der Waals surface area contributed by atoms with Crippen LogP contribution in [0.1, 0.15) is 29.4 Å². The molecular formula is C21H19F3N6O2S. The van der Waals surface area contributed by atoms with E-state index in [4.69, 9.17) is 10.6 Å². The first-order valence-electron chi connectivity index (χ1n) is 9.77. The van der Waals surface area contributed by atoms with Crippen molar-refractivity contribution in [2.45, 2.75) is 23.8 Å². The maximum atomic E-state index is 13.1. The Labute approximate surface area is 191 Å². The van der Waals surface area contributed by atoms with Crippen LogP contribution in [0.3, 0.4) is 0 Å². The molecule has 1 atom stereocenters. The second-order valence-electron chi connectivity index (χ2n) is 7.11. The third-order valence-corrected chi connectivity index (χ3v) is 5.94. The van der Waals surface area contributed by atoms with Crippen molar-refractivity contribution >= 4 is 23.4 Å². The Bertz CT molecular complexity index is 1160. The monoisotopic (exact) mass is 476 g/mol. The van der Waals surface area contributed by atoms with E-state index in [0.717, 1.165) is 28.6 Å². The number of hydrogen-bond donors (Lipinski definition) is 1. The SMILES string of the molecule is COc1ccc([C@H]2CC(c3ccccc3)=NN2C(=O)CSc2nnc(C(F)(F)F)n2N)cc1. The molecule has 0 fully saturated rings. The number of rotatable bonds is 6. The summed E-state index contributed by atoms with van der Waals surface area (Å²) in [7, 11) is 1.56. The fourth-order valence-corrected chi connectivity index (χ4v) is 4.10. The quantitative estimate of drug-likeness (QED) is 0.432. The van der Waals surface area contributed by atoms with Crippen LogP contribution in [0.2, 0.25) is 0 Å². The summed E-state index contributed by atoms with van der Waals surface area (Å²) in [5.41, 5.74) is 2.47. The zero-order valence-corrected chi connectivity index (χ0v) is 18.2. The number of nitrogens with two attached hydrogens (primary N) is 1. The maximum Gasteiger partial charge on any atom is 0.453 e. The number of thioether (sulfide) groups is 1. The van der Waals surface area contributed by atoms with Crippen LogP contribution in [0.25, 0.3) is 0 Å². The van der Waals surface area contributed by atoms with E-state index >= 15 is 0 Å². The Hall–Kier alpha value is -3.54. The fourth-order valence-electron chi connectivity index (χ4n) is 3.39. The number of aromatic nitrogens is 3. The lowest BCUT2D eigenvalue weighted by Crippen LogP contribution is -2.29. The van der Waals surface area contributed by atoms with Gasteiger partial charge in [0.1, 0.15) is 5.75 Å². The van der Waals surface area contributed by atoms with E-state index in [9.17, 15) is 18.0 Å². The van der Waals surface area contributed by atoms with Crippen molar-refractivity contribution in [3.05, 3.63) is 71.5 Å². The summed E-state index contributed by atoms with van der Waals surface area (Å²) in [5.74, 6) is 4.19. The molecule has 1 aliphatic rings. The Morgan fingerprint density at radius 3 is 2.45 bits per heavy atom. The summed E-state index contributed by atoms with van der Waals surface area (Å²) in [6, 6.07) is 16.4. The van der Waals surface area contributed by atoms with Crippen LogP contribution in [-0.2, 0) is 11.0 Å². The highest BCUT2D eigenvalue weighted by molar-refractivity contribution is 7.99. The number of hydrazone groups is 1. The van der Waals surface area contributed by atoms with Crippen molar-refractivity contribution in [2.75, 3.05) is 18.7 Å². The molecule has 0 bridgehead atoms. The van der Waals surface area contributed by atoms with Crippen molar-refractivity contribution in [1.82, 2.24) is 19.9 Å². The highest BCUT2D eigenvalue weighted by Crippen LogP contribution is 2.35.